The number of phenols is 1. The Kier molecular flexibility index (Phi) is 8.80. The van der Waals surface area contributed by atoms with E-state index in [4.69, 9.17) is 16.1 Å². The standard InChI is InChI=1S/C42H37F4N7O3/c1-3-30-33(44)10-6-24-13-29(54)15-31(35(24)30)37-36(46)38-32(18-48-37)39(50-41(49-38)56-22-42-11-4-12-52(42)19-25(43)16-42)51-20-27-8-9-28(21-51)53(27)40(55)34(45)14-26-7-5-23(2)17-47-26/h1,5-7,10,13-15,17-18,25,27-28,54H,4,8-9,11-12,16,19-22H2,2H3/b34-14-/t25-,27-,28+,42+/m1/s1. The Bertz CT molecular complexity index is 2480. The molecule has 0 spiro atoms. The molecule has 1 N–H and O–H groups in total. The van der Waals surface area contributed by atoms with Crippen molar-refractivity contribution in [2.75, 3.05) is 37.7 Å². The van der Waals surface area contributed by atoms with Gasteiger partial charge in [0.25, 0.3) is 5.91 Å². The third-order valence-electron chi connectivity index (χ3n) is 11.8. The highest BCUT2D eigenvalue weighted by atomic mass is 19.1. The zero-order chi connectivity index (χ0) is 38.9. The summed E-state index contributed by atoms with van der Waals surface area (Å²) in [6.07, 6.45) is 12.0. The fraction of sp³-hybridized carbons (Fsp3) is 0.357. The number of ether oxygens (including phenoxy) is 1. The Balaban J connectivity index is 1.11. The molecule has 2 aromatic carbocycles. The van der Waals surface area contributed by atoms with Crippen molar-refractivity contribution in [2.24, 2.45) is 0 Å². The normalized spacial score (nSPS) is 23.6. The van der Waals surface area contributed by atoms with Gasteiger partial charge in [-0.25, -0.2) is 17.6 Å². The van der Waals surface area contributed by atoms with E-state index in [0.29, 0.717) is 42.7 Å². The highest BCUT2D eigenvalue weighted by Crippen LogP contribution is 2.43. The Morgan fingerprint density at radius 3 is 2.64 bits per heavy atom. The molecular formula is C42H37F4N7O3. The summed E-state index contributed by atoms with van der Waals surface area (Å²) in [5.41, 5.74) is 0.288. The van der Waals surface area contributed by atoms with E-state index in [0.717, 1.165) is 31.0 Å². The van der Waals surface area contributed by atoms with Crippen LogP contribution >= 0.6 is 0 Å². The maximum Gasteiger partial charge on any atom is 0.319 e. The Labute approximate surface area is 319 Å². The van der Waals surface area contributed by atoms with E-state index in [9.17, 15) is 18.7 Å². The summed E-state index contributed by atoms with van der Waals surface area (Å²) in [4.78, 5) is 37.1. The van der Waals surface area contributed by atoms with Crippen molar-refractivity contribution in [3.63, 3.8) is 0 Å². The third kappa shape index (κ3) is 6.05. The first kappa shape index (κ1) is 35.9. The number of carbonyl (C=O) groups excluding carboxylic acids is 1. The van der Waals surface area contributed by atoms with Gasteiger partial charge in [-0.1, -0.05) is 18.1 Å². The lowest BCUT2D eigenvalue weighted by atomic mass is 9.95. The van der Waals surface area contributed by atoms with Crippen LogP contribution in [-0.2, 0) is 4.79 Å². The molecule has 3 aromatic heterocycles. The fourth-order valence-electron chi connectivity index (χ4n) is 9.20. The minimum Gasteiger partial charge on any atom is -0.508 e. The number of anilines is 1. The van der Waals surface area contributed by atoms with Crippen LogP contribution in [0.4, 0.5) is 23.4 Å². The summed E-state index contributed by atoms with van der Waals surface area (Å²) >= 11 is 0. The van der Waals surface area contributed by atoms with Crippen LogP contribution in [0.1, 0.15) is 48.9 Å². The molecule has 7 heterocycles. The molecule has 5 aromatic rings. The number of piperazine rings is 1. The molecule has 0 saturated carbocycles. The Morgan fingerprint density at radius 1 is 1.09 bits per heavy atom. The molecule has 4 atom stereocenters. The van der Waals surface area contributed by atoms with Crippen molar-refractivity contribution in [2.45, 2.75) is 62.8 Å². The van der Waals surface area contributed by atoms with Gasteiger partial charge in [0, 0.05) is 55.5 Å². The minimum atomic E-state index is -0.991. The van der Waals surface area contributed by atoms with Crippen LogP contribution in [-0.4, -0.2) is 97.3 Å². The maximum absolute atomic E-state index is 17.1. The van der Waals surface area contributed by atoms with Crippen molar-refractivity contribution in [1.29, 1.82) is 0 Å². The largest absolute Gasteiger partial charge is 0.508 e. The summed E-state index contributed by atoms with van der Waals surface area (Å²) in [6.45, 7) is 3.55. The molecule has 56 heavy (non-hydrogen) atoms. The zero-order valence-electron chi connectivity index (χ0n) is 30.5. The van der Waals surface area contributed by atoms with Crippen molar-refractivity contribution in [3.8, 4) is 35.4 Å². The number of benzene rings is 2. The van der Waals surface area contributed by atoms with E-state index in [1.807, 2.05) is 11.8 Å². The van der Waals surface area contributed by atoms with Crippen LogP contribution in [0.3, 0.4) is 0 Å². The van der Waals surface area contributed by atoms with E-state index in [1.54, 1.807) is 23.2 Å². The van der Waals surface area contributed by atoms with Crippen molar-refractivity contribution < 1.29 is 32.2 Å². The van der Waals surface area contributed by atoms with E-state index in [-0.39, 0.29) is 76.7 Å². The predicted molar refractivity (Wildman–Crippen MR) is 202 cm³/mol. The van der Waals surface area contributed by atoms with Gasteiger partial charge in [-0.3, -0.25) is 19.7 Å². The smallest absolute Gasteiger partial charge is 0.319 e. The van der Waals surface area contributed by atoms with Gasteiger partial charge < -0.3 is 19.6 Å². The van der Waals surface area contributed by atoms with Crippen molar-refractivity contribution in [3.05, 3.63) is 83.1 Å². The lowest BCUT2D eigenvalue weighted by molar-refractivity contribution is -0.131. The number of rotatable bonds is 7. The number of pyridine rings is 2. The van der Waals surface area contributed by atoms with Crippen LogP contribution in [0.15, 0.2) is 54.6 Å². The molecule has 2 bridgehead atoms. The minimum absolute atomic E-state index is 0.0657. The molecule has 4 fully saturated rings. The van der Waals surface area contributed by atoms with Gasteiger partial charge in [0.1, 0.15) is 41.4 Å². The van der Waals surface area contributed by atoms with Crippen molar-refractivity contribution >= 4 is 39.5 Å². The van der Waals surface area contributed by atoms with E-state index >= 15 is 8.78 Å². The molecule has 286 valence electrons. The van der Waals surface area contributed by atoms with Gasteiger partial charge >= 0.3 is 6.01 Å². The second kappa shape index (κ2) is 13.7. The van der Waals surface area contributed by atoms with Crippen LogP contribution in [0.5, 0.6) is 11.8 Å². The van der Waals surface area contributed by atoms with Crippen LogP contribution < -0.4 is 9.64 Å². The second-order valence-corrected chi connectivity index (χ2v) is 15.3. The molecule has 10 nitrogen and oxygen atoms in total. The quantitative estimate of drug-likeness (QED) is 0.111. The summed E-state index contributed by atoms with van der Waals surface area (Å²) in [6, 6.07) is 7.86. The lowest BCUT2D eigenvalue weighted by Crippen LogP contribution is -2.56. The Hall–Kier alpha value is -5.81. The molecule has 0 unspecified atom stereocenters. The number of phenolic OH excluding ortho intramolecular Hbond substituents is 1. The topological polar surface area (TPSA) is 108 Å². The molecule has 4 aliphatic rings. The number of alkyl halides is 1. The number of hydrogen-bond acceptors (Lipinski definition) is 9. The average Bonchev–Trinajstić information content (AvgIpc) is 3.80. The Morgan fingerprint density at radius 2 is 1.89 bits per heavy atom. The number of terminal acetylenes is 1. The SMILES string of the molecule is C#Cc1c(F)ccc2cc(O)cc(-c3ncc4c(N5C[C@H]6CC[C@@H](C5)N6C(=O)/C(F)=C/c5ccc(C)cn5)nc(OC[C@@]56CCCN5C[C@H](F)C6)nc4c3F)c12. The molecule has 0 aliphatic carbocycles. The summed E-state index contributed by atoms with van der Waals surface area (Å²) < 4.78 is 68.4. The second-order valence-electron chi connectivity index (χ2n) is 15.3. The summed E-state index contributed by atoms with van der Waals surface area (Å²) in [7, 11) is 0. The van der Waals surface area contributed by atoms with Gasteiger partial charge in [-0.05, 0) is 74.4 Å². The van der Waals surface area contributed by atoms with Crippen molar-refractivity contribution in [1.82, 2.24) is 29.7 Å². The maximum atomic E-state index is 17.1. The first-order valence-electron chi connectivity index (χ1n) is 18.7. The van der Waals surface area contributed by atoms with Crippen LogP contribution in [0.25, 0.3) is 39.0 Å². The van der Waals surface area contributed by atoms with E-state index in [2.05, 4.69) is 25.8 Å². The van der Waals surface area contributed by atoms with Gasteiger partial charge in [-0.2, -0.15) is 9.97 Å². The number of nitrogens with zero attached hydrogens (tertiary/aromatic N) is 7. The zero-order valence-corrected chi connectivity index (χ0v) is 30.5. The monoisotopic (exact) mass is 763 g/mol. The highest BCUT2D eigenvalue weighted by molar-refractivity contribution is 6.03. The molecule has 4 aliphatic heterocycles. The van der Waals surface area contributed by atoms with Gasteiger partial charge in [0.15, 0.2) is 11.6 Å². The van der Waals surface area contributed by atoms with E-state index in [1.165, 1.54) is 30.5 Å². The molecule has 0 radical (unpaired) electrons. The third-order valence-corrected chi connectivity index (χ3v) is 11.8. The number of amides is 1. The number of halogens is 4. The predicted octanol–water partition coefficient (Wildman–Crippen LogP) is 6.66. The number of aryl methyl sites for hydroxylation is 1. The number of carbonyl (C=O) groups is 1. The number of hydrogen-bond donors (Lipinski definition) is 1. The fourth-order valence-corrected chi connectivity index (χ4v) is 9.20. The van der Waals surface area contributed by atoms with E-state index < -0.39 is 35.1 Å². The molecular weight excluding hydrogens is 726 g/mol. The molecule has 14 heteroatoms. The first-order valence-corrected chi connectivity index (χ1v) is 18.7. The summed E-state index contributed by atoms with van der Waals surface area (Å²) in [5, 5.41) is 11.5. The van der Waals surface area contributed by atoms with Crippen LogP contribution in [0.2, 0.25) is 0 Å². The molecule has 4 saturated heterocycles. The average molecular weight is 764 g/mol. The first-order chi connectivity index (χ1) is 27.0. The number of aromatic hydroxyl groups is 1. The molecule has 9 rings (SSSR count). The van der Waals surface area contributed by atoms with Gasteiger partial charge in [0.2, 0.25) is 0 Å². The highest BCUT2D eigenvalue weighted by Gasteiger charge is 2.50. The van der Waals surface area contributed by atoms with Gasteiger partial charge in [0.05, 0.1) is 34.3 Å². The number of fused-ring (bicyclic) bond motifs is 5. The van der Waals surface area contributed by atoms with Gasteiger partial charge in [-0.15, -0.1) is 6.42 Å². The molecule has 1 amide bonds. The number of aromatic nitrogens is 4. The summed E-state index contributed by atoms with van der Waals surface area (Å²) in [5.74, 6) is -0.760. The lowest BCUT2D eigenvalue weighted by Gasteiger charge is -2.41. The van der Waals surface area contributed by atoms with Crippen LogP contribution in [0, 0.1) is 30.9 Å².